The van der Waals surface area contributed by atoms with Gasteiger partial charge in [-0.05, 0) is 36.1 Å². The fourth-order valence-electron chi connectivity index (χ4n) is 2.26. The summed E-state index contributed by atoms with van der Waals surface area (Å²) < 4.78 is 0. The lowest BCUT2D eigenvalue weighted by Gasteiger charge is -2.16. The Labute approximate surface area is 108 Å². The maximum atomic E-state index is 12.1. The lowest BCUT2D eigenvalue weighted by molar-refractivity contribution is 0.0785. The first-order valence-electron chi connectivity index (χ1n) is 5.85. The minimum atomic E-state index is 0. The van der Waals surface area contributed by atoms with Crippen molar-refractivity contribution < 1.29 is 4.79 Å². The van der Waals surface area contributed by atoms with Gasteiger partial charge in [0, 0.05) is 31.7 Å². The van der Waals surface area contributed by atoms with E-state index in [-0.39, 0.29) is 18.3 Å². The molecule has 1 N–H and O–H groups in total. The van der Waals surface area contributed by atoms with E-state index in [9.17, 15) is 4.79 Å². The van der Waals surface area contributed by atoms with Crippen LogP contribution in [0.1, 0.15) is 34.3 Å². The van der Waals surface area contributed by atoms with Gasteiger partial charge in [0.05, 0.1) is 0 Å². The van der Waals surface area contributed by atoms with Gasteiger partial charge in [-0.1, -0.05) is 6.07 Å². The van der Waals surface area contributed by atoms with E-state index in [0.717, 1.165) is 31.5 Å². The number of hydrogen-bond acceptors (Lipinski definition) is 2. The Morgan fingerprint density at radius 1 is 1.29 bits per heavy atom. The predicted molar refractivity (Wildman–Crippen MR) is 69.3 cm³/mol. The molecule has 92 valence electrons. The molecule has 1 amide bonds. The van der Waals surface area contributed by atoms with Crippen molar-refractivity contribution in [2.75, 3.05) is 7.05 Å². The second-order valence-corrected chi connectivity index (χ2v) is 4.73. The zero-order chi connectivity index (χ0) is 11.1. The van der Waals surface area contributed by atoms with E-state index in [4.69, 9.17) is 0 Å². The quantitative estimate of drug-likeness (QED) is 0.873. The Morgan fingerprint density at radius 3 is 2.71 bits per heavy atom. The van der Waals surface area contributed by atoms with Crippen molar-refractivity contribution in [1.29, 1.82) is 0 Å². The van der Waals surface area contributed by atoms with Crippen LogP contribution in [0.5, 0.6) is 0 Å². The van der Waals surface area contributed by atoms with Crippen molar-refractivity contribution in [1.82, 2.24) is 10.2 Å². The highest BCUT2D eigenvalue weighted by molar-refractivity contribution is 5.94. The molecule has 0 aromatic heterocycles. The maximum absolute atomic E-state index is 12.1. The molecule has 1 fully saturated rings. The van der Waals surface area contributed by atoms with Crippen molar-refractivity contribution in [3.63, 3.8) is 0 Å². The molecule has 0 unspecified atom stereocenters. The lowest BCUT2D eigenvalue weighted by Crippen LogP contribution is -2.28. The molecule has 1 aromatic rings. The molecular weight excluding hydrogens is 236 g/mol. The SMILES string of the molecule is CN(C(=O)c1ccc2c(c1)CNC2)C1CC1.Cl. The molecule has 0 spiro atoms. The molecule has 2 aliphatic rings. The molecule has 1 aromatic carbocycles. The summed E-state index contributed by atoms with van der Waals surface area (Å²) in [5.41, 5.74) is 3.43. The second-order valence-electron chi connectivity index (χ2n) is 4.73. The summed E-state index contributed by atoms with van der Waals surface area (Å²) >= 11 is 0. The molecular formula is C13H17ClN2O. The van der Waals surface area contributed by atoms with Gasteiger partial charge >= 0.3 is 0 Å². The minimum Gasteiger partial charge on any atom is -0.339 e. The number of benzene rings is 1. The molecule has 1 aliphatic carbocycles. The minimum absolute atomic E-state index is 0. The van der Waals surface area contributed by atoms with Gasteiger partial charge in [-0.15, -0.1) is 12.4 Å². The molecule has 0 atom stereocenters. The molecule has 0 saturated heterocycles. The summed E-state index contributed by atoms with van der Waals surface area (Å²) in [5.74, 6) is 0.164. The van der Waals surface area contributed by atoms with E-state index in [1.807, 2.05) is 24.1 Å². The van der Waals surface area contributed by atoms with Crippen molar-refractivity contribution in [2.45, 2.75) is 32.0 Å². The summed E-state index contributed by atoms with van der Waals surface area (Å²) in [6.07, 6.45) is 2.32. The molecule has 3 nitrogen and oxygen atoms in total. The molecule has 1 aliphatic heterocycles. The fourth-order valence-corrected chi connectivity index (χ4v) is 2.26. The van der Waals surface area contributed by atoms with Gasteiger partial charge in [0.15, 0.2) is 0 Å². The number of nitrogens with zero attached hydrogens (tertiary/aromatic N) is 1. The summed E-state index contributed by atoms with van der Waals surface area (Å²) in [4.78, 5) is 14.0. The van der Waals surface area contributed by atoms with E-state index in [0.29, 0.717) is 6.04 Å². The average molecular weight is 253 g/mol. The van der Waals surface area contributed by atoms with E-state index in [1.54, 1.807) is 0 Å². The highest BCUT2D eigenvalue weighted by Gasteiger charge is 2.30. The zero-order valence-electron chi connectivity index (χ0n) is 9.90. The second kappa shape index (κ2) is 4.67. The summed E-state index contributed by atoms with van der Waals surface area (Å²) in [6, 6.07) is 6.55. The topological polar surface area (TPSA) is 32.3 Å². The third-order valence-corrected chi connectivity index (χ3v) is 3.50. The van der Waals surface area contributed by atoms with Crippen LogP contribution in [0.3, 0.4) is 0 Å². The van der Waals surface area contributed by atoms with Crippen molar-refractivity contribution in [3.05, 3.63) is 34.9 Å². The molecule has 1 heterocycles. The highest BCUT2D eigenvalue weighted by atomic mass is 35.5. The van der Waals surface area contributed by atoms with Crippen LogP contribution in [-0.4, -0.2) is 23.9 Å². The normalized spacial score (nSPS) is 17.2. The van der Waals surface area contributed by atoms with Gasteiger partial charge in [-0.25, -0.2) is 0 Å². The molecule has 17 heavy (non-hydrogen) atoms. The van der Waals surface area contributed by atoms with Crippen LogP contribution in [0.25, 0.3) is 0 Å². The Hall–Kier alpha value is -1.06. The number of nitrogens with one attached hydrogen (secondary N) is 1. The molecule has 3 rings (SSSR count). The molecule has 0 radical (unpaired) electrons. The zero-order valence-corrected chi connectivity index (χ0v) is 10.7. The third kappa shape index (κ3) is 2.31. The van der Waals surface area contributed by atoms with Crippen LogP contribution in [0.2, 0.25) is 0 Å². The van der Waals surface area contributed by atoms with E-state index in [2.05, 4.69) is 11.4 Å². The van der Waals surface area contributed by atoms with Crippen LogP contribution in [0.4, 0.5) is 0 Å². The van der Waals surface area contributed by atoms with Crippen LogP contribution in [0.15, 0.2) is 18.2 Å². The number of halogens is 1. The van der Waals surface area contributed by atoms with Crippen LogP contribution in [-0.2, 0) is 13.1 Å². The summed E-state index contributed by atoms with van der Waals surface area (Å²) in [6.45, 7) is 1.83. The first-order chi connectivity index (χ1) is 7.75. The Morgan fingerprint density at radius 2 is 2.00 bits per heavy atom. The van der Waals surface area contributed by atoms with E-state index < -0.39 is 0 Å². The number of carbonyl (C=O) groups is 1. The Bertz CT molecular complexity index is 443. The number of rotatable bonds is 2. The lowest BCUT2D eigenvalue weighted by atomic mass is 10.1. The maximum Gasteiger partial charge on any atom is 0.253 e. The standard InChI is InChI=1S/C13H16N2O.ClH/c1-15(12-4-5-12)13(16)9-2-3-10-7-14-8-11(10)6-9;/h2-3,6,12,14H,4-5,7-8H2,1H3;1H. The van der Waals surface area contributed by atoms with Crippen LogP contribution in [0, 0.1) is 0 Å². The summed E-state index contributed by atoms with van der Waals surface area (Å²) in [7, 11) is 1.91. The first-order valence-corrected chi connectivity index (χ1v) is 5.85. The van der Waals surface area contributed by atoms with E-state index >= 15 is 0 Å². The smallest absolute Gasteiger partial charge is 0.253 e. The summed E-state index contributed by atoms with van der Waals surface area (Å²) in [5, 5.41) is 3.29. The third-order valence-electron chi connectivity index (χ3n) is 3.50. The van der Waals surface area contributed by atoms with Gasteiger partial charge in [-0.2, -0.15) is 0 Å². The van der Waals surface area contributed by atoms with Crippen LogP contribution >= 0.6 is 12.4 Å². The van der Waals surface area contributed by atoms with E-state index in [1.165, 1.54) is 11.1 Å². The Balaban J connectivity index is 0.00000108. The van der Waals surface area contributed by atoms with Gasteiger partial charge < -0.3 is 10.2 Å². The fraction of sp³-hybridized carbons (Fsp3) is 0.462. The van der Waals surface area contributed by atoms with Gasteiger partial charge in [0.1, 0.15) is 0 Å². The largest absolute Gasteiger partial charge is 0.339 e. The van der Waals surface area contributed by atoms with Crippen LogP contribution < -0.4 is 5.32 Å². The van der Waals surface area contributed by atoms with Gasteiger partial charge in [-0.3, -0.25) is 4.79 Å². The predicted octanol–water partition coefficient (Wildman–Crippen LogP) is 1.95. The molecule has 1 saturated carbocycles. The first kappa shape index (κ1) is 12.4. The molecule has 4 heteroatoms. The van der Waals surface area contributed by atoms with Gasteiger partial charge in [0.2, 0.25) is 0 Å². The average Bonchev–Trinajstić information content (AvgIpc) is 3.05. The number of amides is 1. The number of fused-ring (bicyclic) bond motifs is 1. The number of hydrogen-bond donors (Lipinski definition) is 1. The van der Waals surface area contributed by atoms with Crippen molar-refractivity contribution in [2.24, 2.45) is 0 Å². The molecule has 0 bridgehead atoms. The monoisotopic (exact) mass is 252 g/mol. The van der Waals surface area contributed by atoms with Crippen molar-refractivity contribution >= 4 is 18.3 Å². The van der Waals surface area contributed by atoms with Gasteiger partial charge in [0.25, 0.3) is 5.91 Å². The number of carbonyl (C=O) groups excluding carboxylic acids is 1. The van der Waals surface area contributed by atoms with Crippen molar-refractivity contribution in [3.8, 4) is 0 Å². The highest BCUT2D eigenvalue weighted by Crippen LogP contribution is 2.27. The Kier molecular flexibility index (Phi) is 3.40.